The zero-order chi connectivity index (χ0) is 70.3. The van der Waals surface area contributed by atoms with Crippen LogP contribution in [0.25, 0.3) is 0 Å². The summed E-state index contributed by atoms with van der Waals surface area (Å²) in [6, 6.07) is 4.46. The second-order valence-electron chi connectivity index (χ2n) is 24.5. The van der Waals surface area contributed by atoms with Gasteiger partial charge in [0.05, 0.1) is 44.6 Å². The molecule has 97 heavy (non-hydrogen) atoms. The zero-order valence-electron chi connectivity index (χ0n) is 50.6. The fourth-order valence-corrected chi connectivity index (χ4v) is 12.8. The zero-order valence-corrected chi connectivity index (χ0v) is 50.6. The molecule has 1 aromatic carbocycles. The Hall–Kier alpha value is -3.14. The number of ether oxygens (including phenoxy) is 16. The van der Waals surface area contributed by atoms with E-state index in [1.807, 2.05) is 0 Å². The van der Waals surface area contributed by atoms with Crippen molar-refractivity contribution in [1.29, 1.82) is 0 Å². The van der Waals surface area contributed by atoms with Gasteiger partial charge in [-0.2, -0.15) is 0 Å². The van der Waals surface area contributed by atoms with Gasteiger partial charge in [-0.25, -0.2) is 0 Å². The summed E-state index contributed by atoms with van der Waals surface area (Å²) in [5.41, 5.74) is -0.324. The summed E-state index contributed by atoms with van der Waals surface area (Å²) in [4.78, 5) is 10.5. The number of hydrogen-bond donors (Lipinski definition) is 24. The van der Waals surface area contributed by atoms with E-state index >= 15 is 0 Å². The Balaban J connectivity index is 0.932. The molecule has 14 bridgehead atoms. The van der Waals surface area contributed by atoms with Crippen LogP contribution in [-0.4, -0.2) is 421 Å². The van der Waals surface area contributed by atoms with Gasteiger partial charge in [0, 0.05) is 25.2 Å². The van der Waals surface area contributed by atoms with Gasteiger partial charge in [-0.05, 0) is 12.1 Å². The van der Waals surface area contributed by atoms with Crippen molar-refractivity contribution < 1.29 is 198 Å². The molecule has 43 nitrogen and oxygen atoms in total. The van der Waals surface area contributed by atoms with Gasteiger partial charge in [0.1, 0.15) is 201 Å². The number of nitro groups is 1. The SMILES string of the molecule is O=[N+]([O-])c1ccc(O[C@H]2O[C@H](CNC[C@H]3O[C@@H]4O[C@H]5[C@H](O)[C@H](O)[C@@H](O[C@H]6[C@H](O)[C@H](O)[C@@H](O[C@H]7[C@H](O)[C@@H](O)[C@@H](O[C@H]8[C@H](O)[C@@H](O)[C@@H](O[C@H]9[C@H](O)[C@@H](O)[C@@H](O[C@H]%10[C@H](O)[C@@H](O)[C@@H](O[C@H]3[C@H](O)[C@H]4O)O[C@@H]%10CO)O[C@@H]9CO)O[C@@H]8CO)O[C@@H]7CO)O[C@@H]6CO)O[C@@H]5CO)[C@H](O)[C@H](O)[C@H]2O)cc1. The van der Waals surface area contributed by atoms with Crippen molar-refractivity contribution in [3.8, 4) is 5.75 Å². The molecule has 22 saturated heterocycles. The molecule has 0 spiro atoms. The maximum atomic E-state index is 12.0. The number of benzene rings is 1. The van der Waals surface area contributed by atoms with Gasteiger partial charge in [-0.15, -0.1) is 0 Å². The first-order valence-electron chi connectivity index (χ1n) is 30.8. The first-order chi connectivity index (χ1) is 46.2. The van der Waals surface area contributed by atoms with E-state index in [9.17, 15) is 128 Å². The maximum absolute atomic E-state index is 12.0. The van der Waals surface area contributed by atoms with E-state index in [2.05, 4.69) is 5.32 Å². The van der Waals surface area contributed by atoms with Gasteiger partial charge in [0.15, 0.2) is 44.0 Å². The van der Waals surface area contributed by atoms with Gasteiger partial charge >= 0.3 is 0 Å². The smallest absolute Gasteiger partial charge is 0.269 e. The second kappa shape index (κ2) is 32.7. The van der Waals surface area contributed by atoms with E-state index < -0.39 is 303 Å². The van der Waals surface area contributed by atoms with E-state index in [1.165, 1.54) is 0 Å². The highest BCUT2D eigenvalue weighted by molar-refractivity contribution is 5.36. The second-order valence-corrected chi connectivity index (χ2v) is 24.5. The monoisotopic (exact) mass is 1420 g/mol. The van der Waals surface area contributed by atoms with Crippen molar-refractivity contribution in [1.82, 2.24) is 5.32 Å². The summed E-state index contributed by atoms with van der Waals surface area (Å²) in [7, 11) is 0. The highest BCUT2D eigenvalue weighted by Gasteiger charge is 2.60. The molecule has 22 aliphatic heterocycles. The molecule has 0 radical (unpaired) electrons. The van der Waals surface area contributed by atoms with Crippen molar-refractivity contribution in [3.05, 3.63) is 34.4 Å². The number of aliphatic hydroxyl groups excluding tert-OH is 23. The van der Waals surface area contributed by atoms with Crippen LogP contribution in [0.5, 0.6) is 5.75 Å². The van der Waals surface area contributed by atoms with Crippen molar-refractivity contribution >= 4 is 5.69 Å². The number of rotatable bonds is 13. The summed E-state index contributed by atoms with van der Waals surface area (Å²) in [5.74, 6) is -0.0811. The molecule has 43 heteroatoms. The fourth-order valence-electron chi connectivity index (χ4n) is 12.8. The lowest BCUT2D eigenvalue weighted by Gasteiger charge is -2.50. The Morgan fingerprint density at radius 3 is 0.784 bits per heavy atom. The number of hydrogen-bond acceptors (Lipinski definition) is 42. The maximum Gasteiger partial charge on any atom is 0.269 e. The molecule has 0 unspecified atom stereocenters. The van der Waals surface area contributed by atoms with Gasteiger partial charge in [0.25, 0.3) is 5.69 Å². The Kier molecular flexibility index (Phi) is 25.8. The van der Waals surface area contributed by atoms with Crippen molar-refractivity contribution in [2.75, 3.05) is 52.7 Å². The van der Waals surface area contributed by atoms with Crippen LogP contribution in [0, 0.1) is 10.1 Å². The van der Waals surface area contributed by atoms with Crippen LogP contribution >= 0.6 is 0 Å². The van der Waals surface area contributed by atoms with Gasteiger partial charge in [-0.1, -0.05) is 0 Å². The normalized spacial score (nSPS) is 51.1. The first-order valence-corrected chi connectivity index (χ1v) is 30.8. The number of nitro benzene ring substituents is 1. The topological polar surface area (TPSA) is 668 Å². The number of nitrogens with zero attached hydrogens (tertiary/aromatic N) is 1. The Morgan fingerprint density at radius 1 is 0.299 bits per heavy atom. The van der Waals surface area contributed by atoms with Crippen LogP contribution in [0.4, 0.5) is 5.69 Å². The van der Waals surface area contributed by atoms with Crippen LogP contribution < -0.4 is 10.1 Å². The molecular weight excluding hydrogens is 1330 g/mol. The molecule has 0 aromatic heterocycles. The Bertz CT molecular complexity index is 2620. The van der Waals surface area contributed by atoms with Crippen LogP contribution in [0.1, 0.15) is 0 Å². The third-order valence-electron chi connectivity index (χ3n) is 18.3. The molecule has 0 aliphatic carbocycles. The summed E-state index contributed by atoms with van der Waals surface area (Å²) in [6.45, 7) is -7.80. The van der Waals surface area contributed by atoms with Crippen LogP contribution in [0.15, 0.2) is 24.3 Å². The molecule has 556 valence electrons. The van der Waals surface area contributed by atoms with Crippen molar-refractivity contribution in [3.63, 3.8) is 0 Å². The molecule has 22 fully saturated rings. The molecule has 22 heterocycles. The first kappa shape index (κ1) is 76.5. The lowest BCUT2D eigenvalue weighted by atomic mass is 9.95. The molecule has 23 rings (SSSR count). The predicted molar refractivity (Wildman–Crippen MR) is 295 cm³/mol. The Morgan fingerprint density at radius 2 is 0.536 bits per heavy atom. The van der Waals surface area contributed by atoms with E-state index in [0.29, 0.717) is 0 Å². The van der Waals surface area contributed by atoms with Gasteiger partial charge in [0.2, 0.25) is 6.29 Å². The summed E-state index contributed by atoms with van der Waals surface area (Å²) < 4.78 is 92.7. The molecule has 0 amide bonds. The fraction of sp³-hybridized carbons (Fsp3) is 0.889. The molecule has 40 atom stereocenters. The quantitative estimate of drug-likeness (QED) is 0.0644. The third-order valence-corrected chi connectivity index (χ3v) is 18.3. The van der Waals surface area contributed by atoms with Crippen molar-refractivity contribution in [2.45, 2.75) is 246 Å². The lowest BCUT2D eigenvalue weighted by molar-refractivity contribution is -0.396. The highest BCUT2D eigenvalue weighted by Crippen LogP contribution is 2.40. The summed E-state index contributed by atoms with van der Waals surface area (Å²) in [5, 5.41) is 272. The van der Waals surface area contributed by atoms with Crippen LogP contribution in [0.2, 0.25) is 0 Å². The largest absolute Gasteiger partial charge is 0.462 e. The number of aliphatic hydroxyl groups is 23. The van der Waals surface area contributed by atoms with Crippen LogP contribution in [0.3, 0.4) is 0 Å². The third kappa shape index (κ3) is 15.7. The molecule has 24 N–H and O–H groups in total. The standard InChI is InChI=1S/C54H84N2O41/c57-7-17-41-27(67)35(75)50(86-17)94-43-19(9-59)88-52(37(77)29(43)69)96-45-21(11-61)90-54(39(79)31(45)71)97-46-22(12-62)89-53(38(78)30(46)70)95-44-20(10-60)87-51(36(76)28(44)68)93-42-18(8-58)85-49(34(74)26(42)66)91-40-16(84-48(92-41)33(73)25(40)65)6-55-5-15-23(63)24(64)32(72)47(83-15)82-14-3-1-13(2-4-14)56(80)81/h1-4,15-55,57-79H,5-12H2/t15-,16-,17-,18-,19-,20-,21-,22-,23+,24+,25-,26-,27-,28-,29-,30-,31-,32-,33-,34-,35+,36-,37+,38-,39-,40-,41-,42-,43-,44-,45-,46-,47+,48-,49-,50-,51-,52-,53-,54-/m1/s1. The molecule has 1 aromatic rings. The summed E-state index contributed by atoms with van der Waals surface area (Å²) >= 11 is 0. The molecular formula is C54H84N2O41. The predicted octanol–water partition coefficient (Wildman–Crippen LogP) is -15.8. The average Bonchev–Trinajstić information content (AvgIpc) is 0.787. The van der Waals surface area contributed by atoms with Crippen molar-refractivity contribution in [2.24, 2.45) is 0 Å². The summed E-state index contributed by atoms with van der Waals surface area (Å²) in [6.07, 6.45) is -82.0. The minimum atomic E-state index is -2.34. The van der Waals surface area contributed by atoms with E-state index in [0.717, 1.165) is 24.3 Å². The minimum Gasteiger partial charge on any atom is -0.462 e. The van der Waals surface area contributed by atoms with E-state index in [1.54, 1.807) is 0 Å². The molecule has 0 saturated carbocycles. The number of non-ortho nitro benzene ring substituents is 1. The lowest BCUT2D eigenvalue weighted by Crippen LogP contribution is -2.68. The van der Waals surface area contributed by atoms with Gasteiger partial charge in [-0.3, -0.25) is 10.1 Å². The molecule has 22 aliphatic rings. The van der Waals surface area contributed by atoms with E-state index in [-0.39, 0.29) is 11.4 Å². The minimum absolute atomic E-state index is 0.0811. The average molecular weight is 1420 g/mol. The van der Waals surface area contributed by atoms with Crippen LogP contribution in [-0.2, 0) is 71.1 Å². The highest BCUT2D eigenvalue weighted by atomic mass is 16.8. The van der Waals surface area contributed by atoms with E-state index in [4.69, 9.17) is 75.8 Å². The number of nitrogens with one attached hydrogen (secondary N) is 1. The Labute approximate surface area is 546 Å². The van der Waals surface area contributed by atoms with Gasteiger partial charge < -0.3 is 199 Å².